The smallest absolute Gasteiger partial charge is 0.407 e. The fraction of sp³-hybridized carbons (Fsp3) is 0.579. The highest BCUT2D eigenvalue weighted by atomic mass is 16.6. The van der Waals surface area contributed by atoms with Crippen LogP contribution in [0.15, 0.2) is 30.3 Å². The van der Waals surface area contributed by atoms with Crippen LogP contribution < -0.4 is 10.6 Å². The zero-order valence-corrected chi connectivity index (χ0v) is 15.8. The van der Waals surface area contributed by atoms with E-state index in [-0.39, 0.29) is 18.7 Å². The molecule has 0 saturated carbocycles. The van der Waals surface area contributed by atoms with Crippen LogP contribution in [0.2, 0.25) is 0 Å². The number of nitrogens with zero attached hydrogens (tertiary/aromatic N) is 1. The lowest BCUT2D eigenvalue weighted by atomic mass is 10.2. The standard InChI is InChI=1S/C19H29N3O4/c1-19(2,3)26-18(24)21-16-9-11-22(13-16)12-10-20-17(23)25-14-15-7-5-4-6-8-15/h4-8,16H,9-14H2,1-3H3,(H,20,23)(H,21,24). The molecule has 1 unspecified atom stereocenters. The van der Waals surface area contributed by atoms with E-state index in [2.05, 4.69) is 15.5 Å². The summed E-state index contributed by atoms with van der Waals surface area (Å²) >= 11 is 0. The Balaban J connectivity index is 1.57. The number of alkyl carbamates (subject to hydrolysis) is 2. The Bertz CT molecular complexity index is 586. The van der Waals surface area contributed by atoms with Crippen molar-refractivity contribution >= 4 is 12.2 Å². The molecule has 1 aliphatic heterocycles. The first-order valence-corrected chi connectivity index (χ1v) is 8.98. The number of carbonyl (C=O) groups is 2. The Morgan fingerprint density at radius 3 is 2.62 bits per heavy atom. The van der Waals surface area contributed by atoms with Crippen molar-refractivity contribution in [3.63, 3.8) is 0 Å². The summed E-state index contributed by atoms with van der Waals surface area (Å²) in [4.78, 5) is 25.7. The number of ether oxygens (including phenoxy) is 2. The highest BCUT2D eigenvalue weighted by Gasteiger charge is 2.25. The summed E-state index contributed by atoms with van der Waals surface area (Å²) in [6.07, 6.45) is 0.0703. The maximum absolute atomic E-state index is 11.8. The van der Waals surface area contributed by atoms with Gasteiger partial charge in [-0.3, -0.25) is 4.90 Å². The molecule has 1 fully saturated rings. The highest BCUT2D eigenvalue weighted by molar-refractivity contribution is 5.68. The van der Waals surface area contributed by atoms with Gasteiger partial charge in [0.2, 0.25) is 0 Å². The average molecular weight is 363 g/mol. The minimum atomic E-state index is -0.494. The van der Waals surface area contributed by atoms with E-state index in [0.717, 1.165) is 25.1 Å². The van der Waals surface area contributed by atoms with E-state index in [1.807, 2.05) is 51.1 Å². The monoisotopic (exact) mass is 363 g/mol. The van der Waals surface area contributed by atoms with Gasteiger partial charge in [-0.2, -0.15) is 0 Å². The van der Waals surface area contributed by atoms with Crippen molar-refractivity contribution in [2.75, 3.05) is 26.2 Å². The van der Waals surface area contributed by atoms with Gasteiger partial charge in [-0.05, 0) is 32.8 Å². The molecular formula is C19H29N3O4. The number of hydrogen-bond donors (Lipinski definition) is 2. The van der Waals surface area contributed by atoms with Crippen LogP contribution in [0.5, 0.6) is 0 Å². The van der Waals surface area contributed by atoms with Gasteiger partial charge in [0.05, 0.1) is 0 Å². The number of nitrogens with one attached hydrogen (secondary N) is 2. The molecule has 1 atom stereocenters. The van der Waals surface area contributed by atoms with Crippen LogP contribution >= 0.6 is 0 Å². The van der Waals surface area contributed by atoms with E-state index in [9.17, 15) is 9.59 Å². The van der Waals surface area contributed by atoms with Crippen molar-refractivity contribution in [1.82, 2.24) is 15.5 Å². The number of amides is 2. The van der Waals surface area contributed by atoms with Crippen LogP contribution in [-0.2, 0) is 16.1 Å². The second kappa shape index (κ2) is 9.43. The maximum Gasteiger partial charge on any atom is 0.407 e. The molecule has 144 valence electrons. The number of hydrogen-bond acceptors (Lipinski definition) is 5. The van der Waals surface area contributed by atoms with Crippen molar-refractivity contribution in [2.45, 2.75) is 45.4 Å². The zero-order valence-electron chi connectivity index (χ0n) is 15.8. The van der Waals surface area contributed by atoms with Crippen molar-refractivity contribution in [1.29, 1.82) is 0 Å². The van der Waals surface area contributed by atoms with Gasteiger partial charge in [0.1, 0.15) is 12.2 Å². The van der Waals surface area contributed by atoms with Crippen LogP contribution in [-0.4, -0.2) is 54.9 Å². The van der Waals surface area contributed by atoms with E-state index >= 15 is 0 Å². The lowest BCUT2D eigenvalue weighted by molar-refractivity contribution is 0.0506. The minimum Gasteiger partial charge on any atom is -0.445 e. The minimum absolute atomic E-state index is 0.0786. The molecule has 1 aromatic rings. The predicted octanol–water partition coefficient (Wildman–Crippen LogP) is 2.51. The van der Waals surface area contributed by atoms with Crippen LogP contribution in [0.1, 0.15) is 32.8 Å². The second-order valence-electron chi connectivity index (χ2n) is 7.42. The summed E-state index contributed by atoms with van der Waals surface area (Å²) in [5, 5.41) is 5.64. The summed E-state index contributed by atoms with van der Waals surface area (Å²) < 4.78 is 10.4. The molecule has 0 aromatic heterocycles. The fourth-order valence-electron chi connectivity index (χ4n) is 2.72. The molecule has 1 aromatic carbocycles. The normalized spacial score (nSPS) is 17.6. The van der Waals surface area contributed by atoms with E-state index in [0.29, 0.717) is 13.1 Å². The lowest BCUT2D eigenvalue weighted by Crippen LogP contribution is -2.41. The van der Waals surface area contributed by atoms with Gasteiger partial charge < -0.3 is 20.1 Å². The van der Waals surface area contributed by atoms with Crippen LogP contribution in [0.3, 0.4) is 0 Å². The Morgan fingerprint density at radius 1 is 1.19 bits per heavy atom. The molecule has 1 heterocycles. The Hall–Kier alpha value is -2.28. The van der Waals surface area contributed by atoms with E-state index < -0.39 is 11.7 Å². The third-order valence-corrected chi connectivity index (χ3v) is 3.90. The number of carbonyl (C=O) groups excluding carboxylic acids is 2. The quantitative estimate of drug-likeness (QED) is 0.812. The van der Waals surface area contributed by atoms with Crippen LogP contribution in [0.4, 0.5) is 9.59 Å². The van der Waals surface area contributed by atoms with Crippen molar-refractivity contribution in [3.05, 3.63) is 35.9 Å². The SMILES string of the molecule is CC(C)(C)OC(=O)NC1CCN(CCNC(=O)OCc2ccccc2)C1. The van der Waals surface area contributed by atoms with Crippen molar-refractivity contribution in [2.24, 2.45) is 0 Å². The molecule has 0 spiro atoms. The first-order valence-electron chi connectivity index (χ1n) is 8.98. The summed E-state index contributed by atoms with van der Waals surface area (Å²) in [7, 11) is 0. The molecule has 7 nitrogen and oxygen atoms in total. The summed E-state index contributed by atoms with van der Waals surface area (Å²) in [6, 6.07) is 9.64. The topological polar surface area (TPSA) is 79.9 Å². The van der Waals surface area contributed by atoms with Gasteiger partial charge in [-0.1, -0.05) is 30.3 Å². The van der Waals surface area contributed by atoms with E-state index in [4.69, 9.17) is 9.47 Å². The van der Waals surface area contributed by atoms with Gasteiger partial charge in [-0.25, -0.2) is 9.59 Å². The molecule has 1 saturated heterocycles. The van der Waals surface area contributed by atoms with Gasteiger partial charge in [-0.15, -0.1) is 0 Å². The Morgan fingerprint density at radius 2 is 1.92 bits per heavy atom. The molecular weight excluding hydrogens is 334 g/mol. The Labute approximate surface area is 155 Å². The molecule has 0 bridgehead atoms. The maximum atomic E-state index is 11.8. The van der Waals surface area contributed by atoms with Gasteiger partial charge in [0.15, 0.2) is 0 Å². The third-order valence-electron chi connectivity index (χ3n) is 3.90. The Kier molecular flexibility index (Phi) is 7.26. The van der Waals surface area contributed by atoms with Gasteiger partial charge in [0, 0.05) is 32.2 Å². The van der Waals surface area contributed by atoms with Crippen molar-refractivity contribution < 1.29 is 19.1 Å². The highest BCUT2D eigenvalue weighted by Crippen LogP contribution is 2.11. The van der Waals surface area contributed by atoms with Gasteiger partial charge in [0.25, 0.3) is 0 Å². The molecule has 2 N–H and O–H groups in total. The second-order valence-corrected chi connectivity index (χ2v) is 7.42. The van der Waals surface area contributed by atoms with Crippen LogP contribution in [0, 0.1) is 0 Å². The zero-order chi connectivity index (χ0) is 19.0. The summed E-state index contributed by atoms with van der Waals surface area (Å²) in [5.41, 5.74) is 0.463. The lowest BCUT2D eigenvalue weighted by Gasteiger charge is -2.22. The molecule has 26 heavy (non-hydrogen) atoms. The third kappa shape index (κ3) is 7.74. The summed E-state index contributed by atoms with van der Waals surface area (Å²) in [5.74, 6) is 0. The first-order chi connectivity index (χ1) is 12.3. The predicted molar refractivity (Wildman–Crippen MR) is 98.8 cm³/mol. The molecule has 2 amide bonds. The van der Waals surface area contributed by atoms with Gasteiger partial charge >= 0.3 is 12.2 Å². The number of likely N-dealkylation sites (tertiary alicyclic amines) is 1. The van der Waals surface area contributed by atoms with E-state index in [1.165, 1.54) is 0 Å². The molecule has 0 aliphatic carbocycles. The van der Waals surface area contributed by atoms with Crippen LogP contribution in [0.25, 0.3) is 0 Å². The van der Waals surface area contributed by atoms with E-state index in [1.54, 1.807) is 0 Å². The van der Waals surface area contributed by atoms with Crippen molar-refractivity contribution in [3.8, 4) is 0 Å². The first kappa shape index (κ1) is 20.0. The molecule has 2 rings (SSSR count). The fourth-order valence-corrected chi connectivity index (χ4v) is 2.72. The number of benzene rings is 1. The summed E-state index contributed by atoms with van der Waals surface area (Å²) in [6.45, 7) is 8.64. The molecule has 1 aliphatic rings. The molecule has 0 radical (unpaired) electrons. The molecule has 7 heteroatoms. The largest absolute Gasteiger partial charge is 0.445 e. The number of rotatable bonds is 6. The average Bonchev–Trinajstić information content (AvgIpc) is 2.99.